The van der Waals surface area contributed by atoms with Gasteiger partial charge in [-0.1, -0.05) is 12.1 Å². The van der Waals surface area contributed by atoms with Crippen molar-refractivity contribution in [1.82, 2.24) is 5.32 Å². The minimum absolute atomic E-state index is 0.227. The van der Waals surface area contributed by atoms with Gasteiger partial charge >= 0.3 is 6.03 Å². The number of benzene rings is 1. The van der Waals surface area contributed by atoms with Gasteiger partial charge in [0.2, 0.25) is 0 Å². The summed E-state index contributed by atoms with van der Waals surface area (Å²) in [6.07, 6.45) is 2.51. The van der Waals surface area contributed by atoms with Crippen LogP contribution in [0, 0.1) is 0 Å². The molecule has 16 heavy (non-hydrogen) atoms. The summed E-state index contributed by atoms with van der Waals surface area (Å²) < 4.78 is 5.05. The third-order valence-electron chi connectivity index (χ3n) is 1.96. The summed E-state index contributed by atoms with van der Waals surface area (Å²) in [5, 5.41) is 5.42. The highest BCUT2D eigenvalue weighted by Gasteiger charge is 2.00. The smallest absolute Gasteiger partial charge is 0.319 e. The monoisotopic (exact) mass is 220 g/mol. The van der Waals surface area contributed by atoms with E-state index in [-0.39, 0.29) is 6.03 Å². The number of amides is 2. The molecular weight excluding hydrogens is 204 g/mol. The lowest BCUT2D eigenvalue weighted by atomic mass is 10.3. The molecule has 0 radical (unpaired) electrons. The molecule has 0 aliphatic carbocycles. The molecule has 2 amide bonds. The number of nitrogens with one attached hydrogen (secondary N) is 2. The molecule has 0 bridgehead atoms. The zero-order valence-electron chi connectivity index (χ0n) is 9.32. The van der Waals surface area contributed by atoms with Gasteiger partial charge in [0.1, 0.15) is 5.75 Å². The maximum Gasteiger partial charge on any atom is 0.319 e. The van der Waals surface area contributed by atoms with Crippen molar-refractivity contribution >= 4 is 11.7 Å². The second-order valence-electron chi connectivity index (χ2n) is 3.19. The fourth-order valence-electron chi connectivity index (χ4n) is 1.16. The van der Waals surface area contributed by atoms with E-state index in [1.807, 2.05) is 12.1 Å². The number of carbonyl (C=O) groups is 1. The van der Waals surface area contributed by atoms with Crippen LogP contribution < -0.4 is 15.4 Å². The van der Waals surface area contributed by atoms with E-state index in [4.69, 9.17) is 4.74 Å². The molecule has 0 aliphatic rings. The summed E-state index contributed by atoms with van der Waals surface area (Å²) in [4.78, 5) is 11.4. The largest absolute Gasteiger partial charge is 0.497 e. The minimum atomic E-state index is -0.227. The fourth-order valence-corrected chi connectivity index (χ4v) is 1.16. The lowest BCUT2D eigenvalue weighted by molar-refractivity contribution is 0.252. The van der Waals surface area contributed by atoms with Gasteiger partial charge < -0.3 is 15.4 Å². The highest BCUT2D eigenvalue weighted by Crippen LogP contribution is 2.16. The Morgan fingerprint density at radius 3 is 3.06 bits per heavy atom. The lowest BCUT2D eigenvalue weighted by Crippen LogP contribution is -2.29. The molecule has 0 heterocycles. The van der Waals surface area contributed by atoms with Gasteiger partial charge in [0.05, 0.1) is 7.11 Å². The van der Waals surface area contributed by atoms with Crippen LogP contribution in [-0.2, 0) is 0 Å². The third kappa shape index (κ3) is 4.04. The molecule has 1 rings (SSSR count). The van der Waals surface area contributed by atoms with Crippen molar-refractivity contribution in [3.63, 3.8) is 0 Å². The Labute approximate surface area is 95.3 Å². The number of methoxy groups -OCH3 is 1. The van der Waals surface area contributed by atoms with Gasteiger partial charge in [0, 0.05) is 18.3 Å². The number of urea groups is 1. The van der Waals surface area contributed by atoms with E-state index in [1.54, 1.807) is 25.3 Å². The van der Waals surface area contributed by atoms with E-state index < -0.39 is 0 Å². The molecular formula is C12H16N2O2. The predicted octanol–water partition coefficient (Wildman–Crippen LogP) is 2.39. The fraction of sp³-hybridized carbons (Fsp3) is 0.250. The first kappa shape index (κ1) is 12.1. The van der Waals surface area contributed by atoms with Crippen molar-refractivity contribution in [2.75, 3.05) is 19.0 Å². The molecule has 1 aromatic rings. The summed E-state index contributed by atoms with van der Waals surface area (Å²) in [5.74, 6) is 0.712. The van der Waals surface area contributed by atoms with E-state index in [0.29, 0.717) is 18.0 Å². The topological polar surface area (TPSA) is 50.4 Å². The molecule has 0 fully saturated rings. The molecule has 86 valence electrons. The Morgan fingerprint density at radius 2 is 2.38 bits per heavy atom. The van der Waals surface area contributed by atoms with Crippen LogP contribution in [0.4, 0.5) is 10.5 Å². The first-order valence-corrected chi connectivity index (χ1v) is 5.06. The summed E-state index contributed by atoms with van der Waals surface area (Å²) in [7, 11) is 1.59. The van der Waals surface area contributed by atoms with Crippen LogP contribution in [0.25, 0.3) is 0 Å². The second-order valence-corrected chi connectivity index (χ2v) is 3.19. The molecule has 0 saturated heterocycles. The number of rotatable bonds is 5. The Bertz CT molecular complexity index is 364. The quantitative estimate of drug-likeness (QED) is 0.591. The summed E-state index contributed by atoms with van der Waals surface area (Å²) in [6.45, 7) is 4.16. The number of hydrogen-bond acceptors (Lipinski definition) is 2. The van der Waals surface area contributed by atoms with E-state index in [2.05, 4.69) is 17.2 Å². The van der Waals surface area contributed by atoms with E-state index in [9.17, 15) is 4.79 Å². The first-order chi connectivity index (χ1) is 7.76. The molecule has 4 nitrogen and oxygen atoms in total. The van der Waals surface area contributed by atoms with E-state index in [1.165, 1.54) is 0 Å². The lowest BCUT2D eigenvalue weighted by Gasteiger charge is -2.07. The summed E-state index contributed by atoms with van der Waals surface area (Å²) in [5.41, 5.74) is 0.704. The van der Waals surface area contributed by atoms with Crippen molar-refractivity contribution in [3.05, 3.63) is 36.9 Å². The molecule has 0 atom stereocenters. The highest BCUT2D eigenvalue weighted by atomic mass is 16.5. The molecule has 1 aromatic carbocycles. The maximum absolute atomic E-state index is 11.4. The SMILES string of the molecule is C=CCCNC(=O)Nc1cccc(OC)c1. The molecule has 0 spiro atoms. The Hall–Kier alpha value is -1.97. The summed E-state index contributed by atoms with van der Waals surface area (Å²) in [6, 6.07) is 6.97. The average Bonchev–Trinajstić information content (AvgIpc) is 2.29. The van der Waals surface area contributed by atoms with Crippen molar-refractivity contribution in [2.24, 2.45) is 0 Å². The predicted molar refractivity (Wildman–Crippen MR) is 64.8 cm³/mol. The molecule has 0 aliphatic heterocycles. The zero-order chi connectivity index (χ0) is 11.8. The zero-order valence-corrected chi connectivity index (χ0v) is 9.32. The minimum Gasteiger partial charge on any atom is -0.497 e. The van der Waals surface area contributed by atoms with Crippen LogP contribution in [-0.4, -0.2) is 19.7 Å². The van der Waals surface area contributed by atoms with Gasteiger partial charge in [-0.2, -0.15) is 0 Å². The van der Waals surface area contributed by atoms with Crippen LogP contribution in [0.1, 0.15) is 6.42 Å². The van der Waals surface area contributed by atoms with Gasteiger partial charge in [0.25, 0.3) is 0 Å². The molecule has 0 aromatic heterocycles. The van der Waals surface area contributed by atoms with Crippen LogP contribution in [0.2, 0.25) is 0 Å². The molecule has 0 unspecified atom stereocenters. The van der Waals surface area contributed by atoms with E-state index in [0.717, 1.165) is 6.42 Å². The number of hydrogen-bond donors (Lipinski definition) is 2. The van der Waals surface area contributed by atoms with Crippen molar-refractivity contribution in [1.29, 1.82) is 0 Å². The van der Waals surface area contributed by atoms with Gasteiger partial charge in [-0.3, -0.25) is 0 Å². The van der Waals surface area contributed by atoms with Crippen molar-refractivity contribution < 1.29 is 9.53 Å². The standard InChI is InChI=1S/C12H16N2O2/c1-3-4-8-13-12(15)14-10-6-5-7-11(9-10)16-2/h3,5-7,9H,1,4,8H2,2H3,(H2,13,14,15). The van der Waals surface area contributed by atoms with Crippen molar-refractivity contribution in [3.8, 4) is 5.75 Å². The molecule has 2 N–H and O–H groups in total. The normalized spacial score (nSPS) is 9.31. The van der Waals surface area contributed by atoms with Gasteiger partial charge in [-0.25, -0.2) is 4.79 Å². The Morgan fingerprint density at radius 1 is 1.56 bits per heavy atom. The van der Waals surface area contributed by atoms with Crippen LogP contribution in [0.15, 0.2) is 36.9 Å². The first-order valence-electron chi connectivity index (χ1n) is 5.06. The average molecular weight is 220 g/mol. The second kappa shape index (κ2) is 6.50. The van der Waals surface area contributed by atoms with E-state index >= 15 is 0 Å². The molecule has 0 saturated carbocycles. The maximum atomic E-state index is 11.4. The van der Waals surface area contributed by atoms with Crippen LogP contribution in [0.3, 0.4) is 0 Å². The van der Waals surface area contributed by atoms with Gasteiger partial charge in [-0.15, -0.1) is 6.58 Å². The van der Waals surface area contributed by atoms with Gasteiger partial charge in [0.15, 0.2) is 0 Å². The Balaban J connectivity index is 2.45. The Kier molecular flexibility index (Phi) is 4.92. The highest BCUT2D eigenvalue weighted by molar-refractivity contribution is 5.89. The van der Waals surface area contributed by atoms with Crippen LogP contribution in [0.5, 0.6) is 5.75 Å². The number of anilines is 1. The third-order valence-corrected chi connectivity index (χ3v) is 1.96. The number of carbonyl (C=O) groups excluding carboxylic acids is 1. The summed E-state index contributed by atoms with van der Waals surface area (Å²) >= 11 is 0. The molecule has 4 heteroatoms. The number of ether oxygens (including phenoxy) is 1. The van der Waals surface area contributed by atoms with Crippen molar-refractivity contribution in [2.45, 2.75) is 6.42 Å². The van der Waals surface area contributed by atoms with Crippen LogP contribution >= 0.6 is 0 Å². The van der Waals surface area contributed by atoms with Gasteiger partial charge in [-0.05, 0) is 18.6 Å².